The second-order valence-electron chi connectivity index (χ2n) is 7.39. The van der Waals surface area contributed by atoms with E-state index >= 15 is 0 Å². The first-order chi connectivity index (χ1) is 11.6. The van der Waals surface area contributed by atoms with Gasteiger partial charge in [-0.2, -0.15) is 0 Å². The number of hydrogen-bond acceptors (Lipinski definition) is 1. The molecule has 2 rings (SSSR count). The Morgan fingerprint density at radius 1 is 1.04 bits per heavy atom. The van der Waals surface area contributed by atoms with E-state index in [4.69, 9.17) is 1.37 Å². The summed E-state index contributed by atoms with van der Waals surface area (Å²) < 4.78 is 22.7. The average Bonchev–Trinajstić information content (AvgIpc) is 2.48. The van der Waals surface area contributed by atoms with Crippen molar-refractivity contribution < 1.29 is 10.9 Å². The molecule has 1 N–H and O–H groups in total. The molecule has 0 unspecified atom stereocenters. The highest BCUT2D eigenvalue weighted by atomic mass is 28.3. The number of fused-ring (bicyclic) bond motifs is 1. The molecule has 0 aliphatic carbocycles. The van der Waals surface area contributed by atoms with Crippen LogP contribution in [0.1, 0.15) is 48.5 Å². The smallest absolute Gasteiger partial charge is 0.146 e. The van der Waals surface area contributed by atoms with Crippen LogP contribution in [0, 0.1) is 17.3 Å². The summed E-state index contributed by atoms with van der Waals surface area (Å²) in [6.45, 7) is 13.3. The van der Waals surface area contributed by atoms with E-state index in [1.165, 1.54) is 12.1 Å². The van der Waals surface area contributed by atoms with Crippen LogP contribution in [0.15, 0.2) is 30.3 Å². The van der Waals surface area contributed by atoms with Gasteiger partial charge in [-0.1, -0.05) is 53.5 Å². The van der Waals surface area contributed by atoms with Crippen molar-refractivity contribution in [3.63, 3.8) is 0 Å². The second-order valence-corrected chi connectivity index (χ2v) is 13.0. The van der Waals surface area contributed by atoms with Crippen molar-refractivity contribution in [1.29, 1.82) is 0 Å². The minimum Gasteiger partial charge on any atom is -0.508 e. The molecule has 1 nitrogen and oxygen atoms in total. The quantitative estimate of drug-likeness (QED) is 0.515. The fourth-order valence-corrected chi connectivity index (χ4v) is 9.15. The lowest BCUT2D eigenvalue weighted by Crippen LogP contribution is -2.43. The Morgan fingerprint density at radius 3 is 2.17 bits per heavy atom. The van der Waals surface area contributed by atoms with Gasteiger partial charge in [-0.05, 0) is 46.3 Å². The Kier molecular flexibility index (Phi) is 4.96. The molecule has 0 saturated heterocycles. The number of benzene rings is 2. The average molecular weight is 344 g/mol. The molecular weight excluding hydrogens is 315 g/mol. The molecule has 0 radical (unpaired) electrons. The lowest BCUT2D eigenvalue weighted by Gasteiger charge is -2.38. The zero-order valence-electron chi connectivity index (χ0n) is 16.4. The molecule has 3 heteroatoms. The van der Waals surface area contributed by atoms with Crippen molar-refractivity contribution in [2.75, 3.05) is 0 Å². The molecule has 0 saturated carbocycles. The van der Waals surface area contributed by atoms with Crippen molar-refractivity contribution in [2.45, 2.75) is 58.2 Å². The standard InChI is InChI=1S/C21H27FOSi/c1-14(2)24(15(3)4,16(5)6)12-11-20-19-9-8-18(23)13-17(19)7-10-21(20)22/h7-10,13-16,23H,1-6H3/i9D. The van der Waals surface area contributed by atoms with Crippen LogP contribution in [-0.4, -0.2) is 13.2 Å². The number of phenols is 1. The number of aromatic hydroxyl groups is 1. The summed E-state index contributed by atoms with van der Waals surface area (Å²) in [4.78, 5) is 0. The molecule has 24 heavy (non-hydrogen) atoms. The molecule has 0 bridgehead atoms. The summed E-state index contributed by atoms with van der Waals surface area (Å²) in [5.74, 6) is 2.74. The zero-order valence-corrected chi connectivity index (χ0v) is 16.4. The third-order valence-electron chi connectivity index (χ3n) is 5.12. The maximum Gasteiger partial charge on any atom is 0.146 e. The predicted molar refractivity (Wildman–Crippen MR) is 103 cm³/mol. The molecule has 2 aromatic carbocycles. The maximum absolute atomic E-state index is 14.5. The normalized spacial score (nSPS) is 12.7. The molecular formula is C21H27FOSi. The molecule has 0 fully saturated rings. The van der Waals surface area contributed by atoms with Gasteiger partial charge in [0.15, 0.2) is 0 Å². The van der Waals surface area contributed by atoms with Crippen LogP contribution in [0.25, 0.3) is 10.8 Å². The van der Waals surface area contributed by atoms with Crippen molar-refractivity contribution in [2.24, 2.45) is 0 Å². The fourth-order valence-electron chi connectivity index (χ4n) is 3.94. The van der Waals surface area contributed by atoms with Gasteiger partial charge >= 0.3 is 0 Å². The van der Waals surface area contributed by atoms with Crippen LogP contribution < -0.4 is 0 Å². The van der Waals surface area contributed by atoms with Gasteiger partial charge in [0, 0.05) is 5.39 Å². The number of hydrogen-bond donors (Lipinski definition) is 1. The number of halogens is 1. The molecule has 0 aliphatic heterocycles. The fraction of sp³-hybridized carbons (Fsp3) is 0.429. The van der Waals surface area contributed by atoms with Crippen molar-refractivity contribution in [1.82, 2.24) is 0 Å². The molecule has 0 heterocycles. The van der Waals surface area contributed by atoms with Gasteiger partial charge in [-0.25, -0.2) is 4.39 Å². The molecule has 0 aliphatic rings. The molecule has 0 aromatic heterocycles. The maximum atomic E-state index is 14.5. The van der Waals surface area contributed by atoms with Gasteiger partial charge < -0.3 is 5.11 Å². The van der Waals surface area contributed by atoms with Crippen LogP contribution >= 0.6 is 0 Å². The van der Waals surface area contributed by atoms with E-state index in [9.17, 15) is 9.50 Å². The van der Waals surface area contributed by atoms with Gasteiger partial charge in [0.2, 0.25) is 0 Å². The van der Waals surface area contributed by atoms with Crippen LogP contribution in [0.2, 0.25) is 16.6 Å². The van der Waals surface area contributed by atoms with E-state index in [1.54, 1.807) is 12.1 Å². The Bertz CT molecular complexity index is 825. The first-order valence-electron chi connectivity index (χ1n) is 9.06. The Labute approximate surface area is 147 Å². The Morgan fingerprint density at radius 2 is 1.62 bits per heavy atom. The van der Waals surface area contributed by atoms with E-state index < -0.39 is 13.9 Å². The summed E-state index contributed by atoms with van der Waals surface area (Å²) in [7, 11) is -1.99. The van der Waals surface area contributed by atoms with E-state index in [2.05, 4.69) is 53.0 Å². The highest BCUT2D eigenvalue weighted by Gasteiger charge is 2.41. The zero-order chi connectivity index (χ0) is 18.9. The summed E-state index contributed by atoms with van der Waals surface area (Å²) >= 11 is 0. The topological polar surface area (TPSA) is 20.2 Å². The first-order valence-corrected chi connectivity index (χ1v) is 10.8. The third-order valence-corrected chi connectivity index (χ3v) is 11.4. The highest BCUT2D eigenvalue weighted by molar-refractivity contribution is 6.90. The third kappa shape index (κ3) is 3.21. The summed E-state index contributed by atoms with van der Waals surface area (Å²) in [6.07, 6.45) is 0. The Balaban J connectivity index is 2.77. The molecule has 0 amide bonds. The largest absolute Gasteiger partial charge is 0.508 e. The Hall–Kier alpha value is -1.79. The predicted octanol–water partition coefficient (Wildman–Crippen LogP) is 6.25. The van der Waals surface area contributed by atoms with Crippen LogP contribution in [0.5, 0.6) is 5.75 Å². The molecule has 0 spiro atoms. The van der Waals surface area contributed by atoms with Crippen molar-refractivity contribution in [3.8, 4) is 17.2 Å². The second kappa shape index (κ2) is 6.99. The van der Waals surface area contributed by atoms with Gasteiger partial charge in [0.25, 0.3) is 0 Å². The number of phenolic OH excluding ortho intramolecular Hbond substituents is 1. The minimum atomic E-state index is -1.99. The lowest BCUT2D eigenvalue weighted by atomic mass is 10.0. The van der Waals surface area contributed by atoms with E-state index in [-0.39, 0.29) is 17.4 Å². The van der Waals surface area contributed by atoms with Gasteiger partial charge in [-0.15, -0.1) is 5.54 Å². The minimum absolute atomic E-state index is 0.0123. The van der Waals surface area contributed by atoms with E-state index in [0.717, 1.165) is 0 Å². The molecule has 128 valence electrons. The van der Waals surface area contributed by atoms with Gasteiger partial charge in [0.05, 0.1) is 6.93 Å². The van der Waals surface area contributed by atoms with E-state index in [0.29, 0.717) is 27.4 Å². The first kappa shape index (κ1) is 17.0. The summed E-state index contributed by atoms with van der Waals surface area (Å²) in [5.41, 5.74) is 5.17. The highest BCUT2D eigenvalue weighted by Crippen LogP contribution is 2.41. The van der Waals surface area contributed by atoms with Crippen LogP contribution in [0.3, 0.4) is 0 Å². The van der Waals surface area contributed by atoms with Gasteiger partial charge in [-0.3, -0.25) is 0 Å². The SMILES string of the molecule is [2H]c1cc(O)cc2ccc(F)c(C#C[Si](C(C)C)(C(C)C)C(C)C)c12. The van der Waals surface area contributed by atoms with Gasteiger partial charge in [0.1, 0.15) is 19.6 Å². The summed E-state index contributed by atoms with van der Waals surface area (Å²) in [6, 6.07) is 5.95. The summed E-state index contributed by atoms with van der Waals surface area (Å²) in [5, 5.41) is 10.8. The monoisotopic (exact) mass is 343 g/mol. The van der Waals surface area contributed by atoms with Crippen LogP contribution in [-0.2, 0) is 0 Å². The molecule has 2 aromatic rings. The van der Waals surface area contributed by atoms with Crippen molar-refractivity contribution >= 4 is 18.8 Å². The molecule has 0 atom stereocenters. The lowest BCUT2D eigenvalue weighted by molar-refractivity contribution is 0.476. The van der Waals surface area contributed by atoms with Crippen molar-refractivity contribution in [3.05, 3.63) is 41.7 Å². The number of rotatable bonds is 3. The van der Waals surface area contributed by atoms with E-state index in [1.807, 2.05) is 0 Å². The van der Waals surface area contributed by atoms with Crippen LogP contribution in [0.4, 0.5) is 4.39 Å².